The lowest BCUT2D eigenvalue weighted by atomic mass is 10.1. The van der Waals surface area contributed by atoms with Gasteiger partial charge >= 0.3 is 0 Å². The molecule has 0 saturated heterocycles. The van der Waals surface area contributed by atoms with Gasteiger partial charge in [-0.1, -0.05) is 29.8 Å². The monoisotopic (exact) mass is 305 g/mol. The lowest BCUT2D eigenvalue weighted by Gasteiger charge is -2.17. The Morgan fingerprint density at radius 3 is 2.57 bits per heavy atom. The van der Waals surface area contributed by atoms with E-state index < -0.39 is 10.0 Å². The van der Waals surface area contributed by atoms with Gasteiger partial charge in [0.05, 0.1) is 0 Å². The second-order valence-electron chi connectivity index (χ2n) is 4.88. The topological polar surface area (TPSA) is 62.3 Å². The molecular weight excluding hydrogens is 286 g/mol. The van der Waals surface area contributed by atoms with Crippen LogP contribution in [0.4, 0.5) is 5.82 Å². The molecule has 0 atom stereocenters. The van der Waals surface area contributed by atoms with Gasteiger partial charge in [0.25, 0.3) is 0 Å². The molecule has 1 aromatic carbocycles. The van der Waals surface area contributed by atoms with E-state index in [0.29, 0.717) is 12.4 Å². The van der Waals surface area contributed by atoms with Gasteiger partial charge in [-0.3, -0.25) is 0 Å². The zero-order valence-corrected chi connectivity index (χ0v) is 13.2. The van der Waals surface area contributed by atoms with Gasteiger partial charge < -0.3 is 5.32 Å². The van der Waals surface area contributed by atoms with Crippen LogP contribution in [-0.4, -0.2) is 31.8 Å². The minimum Gasteiger partial charge on any atom is -0.373 e. The molecule has 1 heterocycles. The molecule has 1 N–H and O–H groups in total. The van der Waals surface area contributed by atoms with Gasteiger partial charge in [-0.25, -0.2) is 13.4 Å². The largest absolute Gasteiger partial charge is 0.373 e. The van der Waals surface area contributed by atoms with Crippen LogP contribution in [0, 0.1) is 6.92 Å². The molecule has 0 aliphatic rings. The van der Waals surface area contributed by atoms with Gasteiger partial charge in [0.1, 0.15) is 10.7 Å². The summed E-state index contributed by atoms with van der Waals surface area (Å²) in [6.45, 7) is 2.32. The van der Waals surface area contributed by atoms with Crippen LogP contribution < -0.4 is 5.32 Å². The molecule has 112 valence electrons. The summed E-state index contributed by atoms with van der Waals surface area (Å²) < 4.78 is 26.3. The first-order valence-corrected chi connectivity index (χ1v) is 8.03. The molecule has 5 nitrogen and oxygen atoms in total. The highest BCUT2D eigenvalue weighted by atomic mass is 32.2. The molecule has 0 spiro atoms. The molecule has 0 aliphatic carbocycles. The second-order valence-corrected chi connectivity index (χ2v) is 6.92. The molecular formula is C15H19N3O2S. The van der Waals surface area contributed by atoms with Gasteiger partial charge in [-0.2, -0.15) is 4.31 Å². The Morgan fingerprint density at radius 2 is 2.00 bits per heavy atom. The molecule has 0 bridgehead atoms. The third-order valence-electron chi connectivity index (χ3n) is 3.19. The number of rotatable bonds is 5. The van der Waals surface area contributed by atoms with Crippen LogP contribution in [0.2, 0.25) is 0 Å². The van der Waals surface area contributed by atoms with Gasteiger partial charge in [0, 0.05) is 26.8 Å². The Bertz CT molecular complexity index is 712. The van der Waals surface area contributed by atoms with Gasteiger partial charge in [0.2, 0.25) is 10.0 Å². The van der Waals surface area contributed by atoms with Crippen molar-refractivity contribution in [2.24, 2.45) is 0 Å². The van der Waals surface area contributed by atoms with Crippen molar-refractivity contribution in [2.45, 2.75) is 18.4 Å². The summed E-state index contributed by atoms with van der Waals surface area (Å²) in [5, 5.41) is 2.86. The maximum atomic E-state index is 12.5. The molecule has 21 heavy (non-hydrogen) atoms. The maximum absolute atomic E-state index is 12.5. The van der Waals surface area contributed by atoms with Crippen LogP contribution in [0.15, 0.2) is 47.5 Å². The summed E-state index contributed by atoms with van der Waals surface area (Å²) in [7, 11) is -0.222. The number of nitrogens with zero attached hydrogens (tertiary/aromatic N) is 2. The maximum Gasteiger partial charge on any atom is 0.244 e. The highest BCUT2D eigenvalue weighted by Crippen LogP contribution is 2.17. The third kappa shape index (κ3) is 3.59. The zero-order valence-electron chi connectivity index (χ0n) is 12.4. The van der Waals surface area contributed by atoms with Crippen LogP contribution in [-0.2, 0) is 16.6 Å². The van der Waals surface area contributed by atoms with E-state index in [0.717, 1.165) is 11.1 Å². The number of hydrogen-bond donors (Lipinski definition) is 1. The highest BCUT2D eigenvalue weighted by Gasteiger charge is 2.21. The number of aryl methyl sites for hydroxylation is 1. The molecule has 2 rings (SSSR count). The molecule has 0 amide bonds. The van der Waals surface area contributed by atoms with Gasteiger partial charge in [0.15, 0.2) is 0 Å². The smallest absolute Gasteiger partial charge is 0.244 e. The third-order valence-corrected chi connectivity index (χ3v) is 4.98. The first-order valence-electron chi connectivity index (χ1n) is 6.59. The predicted molar refractivity (Wildman–Crippen MR) is 83.6 cm³/mol. The fourth-order valence-corrected chi connectivity index (χ4v) is 3.12. The van der Waals surface area contributed by atoms with E-state index in [2.05, 4.69) is 10.3 Å². The van der Waals surface area contributed by atoms with Crippen molar-refractivity contribution in [1.29, 1.82) is 0 Å². The van der Waals surface area contributed by atoms with E-state index in [1.54, 1.807) is 26.2 Å². The van der Waals surface area contributed by atoms with Crippen molar-refractivity contribution in [2.75, 3.05) is 19.4 Å². The number of pyridine rings is 1. The fourth-order valence-electron chi connectivity index (χ4n) is 2.01. The van der Waals surface area contributed by atoms with Crippen molar-refractivity contribution in [3.63, 3.8) is 0 Å². The van der Waals surface area contributed by atoms with Gasteiger partial charge in [-0.15, -0.1) is 0 Å². The standard InChI is InChI=1S/C15H19N3O2S/c1-12-5-4-6-13(9-12)11-18(3)21(19,20)14-7-8-15(16-2)17-10-14/h4-10H,11H2,1-3H3,(H,16,17). The van der Waals surface area contributed by atoms with E-state index in [9.17, 15) is 8.42 Å². The number of nitrogens with one attached hydrogen (secondary N) is 1. The lowest BCUT2D eigenvalue weighted by molar-refractivity contribution is 0.466. The molecule has 2 aromatic rings. The summed E-state index contributed by atoms with van der Waals surface area (Å²) in [5.74, 6) is 0.635. The molecule has 0 aliphatic heterocycles. The van der Waals surface area contributed by atoms with Crippen LogP contribution in [0.1, 0.15) is 11.1 Å². The SMILES string of the molecule is CNc1ccc(S(=O)(=O)N(C)Cc2cccc(C)c2)cn1. The second kappa shape index (κ2) is 6.24. The Labute approximate surface area is 125 Å². The predicted octanol–water partition coefficient (Wildman–Crippen LogP) is 2.25. The first kappa shape index (κ1) is 15.5. The van der Waals surface area contributed by atoms with E-state index in [1.165, 1.54) is 10.5 Å². The molecule has 0 unspecified atom stereocenters. The van der Waals surface area contributed by atoms with Crippen LogP contribution in [0.25, 0.3) is 0 Å². The summed E-state index contributed by atoms with van der Waals surface area (Å²) in [5.41, 5.74) is 2.07. The molecule has 0 saturated carbocycles. The average molecular weight is 305 g/mol. The number of anilines is 1. The average Bonchev–Trinajstić information content (AvgIpc) is 2.47. The highest BCUT2D eigenvalue weighted by molar-refractivity contribution is 7.89. The fraction of sp³-hybridized carbons (Fsp3) is 0.267. The van der Waals surface area contributed by atoms with Crippen molar-refractivity contribution in [1.82, 2.24) is 9.29 Å². The minimum absolute atomic E-state index is 0.191. The van der Waals surface area contributed by atoms with Crippen molar-refractivity contribution >= 4 is 15.8 Å². The minimum atomic E-state index is -3.53. The van der Waals surface area contributed by atoms with Crippen LogP contribution in [0.3, 0.4) is 0 Å². The van der Waals surface area contributed by atoms with Crippen LogP contribution >= 0.6 is 0 Å². The summed E-state index contributed by atoms with van der Waals surface area (Å²) >= 11 is 0. The molecule has 1 aromatic heterocycles. The zero-order chi connectivity index (χ0) is 15.5. The van der Waals surface area contributed by atoms with E-state index in [1.807, 2.05) is 31.2 Å². The Hall–Kier alpha value is -1.92. The molecule has 0 radical (unpaired) electrons. The Morgan fingerprint density at radius 1 is 1.24 bits per heavy atom. The van der Waals surface area contributed by atoms with E-state index >= 15 is 0 Å². The van der Waals surface area contributed by atoms with Crippen LogP contribution in [0.5, 0.6) is 0 Å². The Balaban J connectivity index is 2.21. The lowest BCUT2D eigenvalue weighted by Crippen LogP contribution is -2.26. The normalized spacial score (nSPS) is 11.6. The van der Waals surface area contributed by atoms with E-state index in [-0.39, 0.29) is 4.90 Å². The van der Waals surface area contributed by atoms with Crippen molar-refractivity contribution < 1.29 is 8.42 Å². The number of benzene rings is 1. The summed E-state index contributed by atoms with van der Waals surface area (Å²) in [6, 6.07) is 11.0. The molecule has 6 heteroatoms. The van der Waals surface area contributed by atoms with E-state index in [4.69, 9.17) is 0 Å². The van der Waals surface area contributed by atoms with Gasteiger partial charge in [-0.05, 0) is 24.6 Å². The summed E-state index contributed by atoms with van der Waals surface area (Å²) in [4.78, 5) is 4.24. The quantitative estimate of drug-likeness (QED) is 0.920. The number of sulfonamides is 1. The molecule has 0 fully saturated rings. The first-order chi connectivity index (χ1) is 9.93. The number of aromatic nitrogens is 1. The number of hydrogen-bond acceptors (Lipinski definition) is 4. The summed E-state index contributed by atoms with van der Waals surface area (Å²) in [6.07, 6.45) is 1.37. The van der Waals surface area contributed by atoms with Crippen molar-refractivity contribution in [3.05, 3.63) is 53.7 Å². The Kier molecular flexibility index (Phi) is 4.59. The van der Waals surface area contributed by atoms with Crippen molar-refractivity contribution in [3.8, 4) is 0 Å².